The second-order valence-corrected chi connectivity index (χ2v) is 10.8. The molecule has 36 heavy (non-hydrogen) atoms. The van der Waals surface area contributed by atoms with E-state index in [4.69, 9.17) is 16.3 Å². The molecule has 0 amide bonds. The van der Waals surface area contributed by atoms with Gasteiger partial charge in [0.15, 0.2) is 5.82 Å². The third-order valence-corrected chi connectivity index (χ3v) is 7.74. The van der Waals surface area contributed by atoms with Crippen LogP contribution in [0, 0.1) is 11.8 Å². The maximum Gasteiger partial charge on any atom is 0.295 e. The first-order valence-corrected chi connectivity index (χ1v) is 13.0. The highest BCUT2D eigenvalue weighted by Crippen LogP contribution is 2.41. The molecule has 3 aromatic rings. The lowest BCUT2D eigenvalue weighted by Crippen LogP contribution is -2.43. The molecule has 2 fully saturated rings. The van der Waals surface area contributed by atoms with Gasteiger partial charge in [0, 0.05) is 43.7 Å². The Morgan fingerprint density at radius 2 is 2.08 bits per heavy atom. The number of fused-ring (bicyclic) bond motifs is 3. The summed E-state index contributed by atoms with van der Waals surface area (Å²) in [5, 5.41) is 18.5. The number of benzene rings is 1. The molecule has 0 bridgehead atoms. The van der Waals surface area contributed by atoms with Crippen LogP contribution in [0.5, 0.6) is 5.75 Å². The van der Waals surface area contributed by atoms with Crippen LogP contribution in [0.25, 0.3) is 10.9 Å². The van der Waals surface area contributed by atoms with E-state index in [1.54, 1.807) is 17.8 Å². The zero-order valence-corrected chi connectivity index (χ0v) is 21.3. The number of anilines is 4. The fourth-order valence-corrected chi connectivity index (χ4v) is 5.63. The Balaban J connectivity index is 1.36. The van der Waals surface area contributed by atoms with Crippen molar-refractivity contribution in [2.45, 2.75) is 44.8 Å². The predicted octanol–water partition coefficient (Wildman–Crippen LogP) is 3.91. The Morgan fingerprint density at radius 3 is 2.86 bits per heavy atom. The molecule has 3 atom stereocenters. The summed E-state index contributed by atoms with van der Waals surface area (Å²) < 4.78 is 7.60. The summed E-state index contributed by atoms with van der Waals surface area (Å²) in [6.45, 7) is 3.92. The van der Waals surface area contributed by atoms with Crippen LogP contribution in [-0.4, -0.2) is 51.5 Å². The van der Waals surface area contributed by atoms with Crippen molar-refractivity contribution in [1.82, 2.24) is 14.5 Å². The lowest BCUT2D eigenvalue weighted by molar-refractivity contribution is 0.132. The van der Waals surface area contributed by atoms with Crippen molar-refractivity contribution in [2.24, 2.45) is 18.9 Å². The highest BCUT2D eigenvalue weighted by molar-refractivity contribution is 6.32. The molecule has 6 rings (SSSR count). The van der Waals surface area contributed by atoms with Crippen LogP contribution in [0.3, 0.4) is 0 Å². The number of halogens is 1. The van der Waals surface area contributed by atoms with Crippen molar-refractivity contribution in [3.8, 4) is 5.75 Å². The van der Waals surface area contributed by atoms with E-state index in [-0.39, 0.29) is 5.56 Å². The summed E-state index contributed by atoms with van der Waals surface area (Å²) in [5.41, 5.74) is 2.24. The van der Waals surface area contributed by atoms with Crippen molar-refractivity contribution in [3.05, 3.63) is 39.8 Å². The molecule has 2 aromatic heterocycles. The Bertz CT molecular complexity index is 1360. The molecule has 2 aliphatic heterocycles. The van der Waals surface area contributed by atoms with E-state index in [1.807, 2.05) is 23.1 Å². The predicted molar refractivity (Wildman–Crippen MR) is 142 cm³/mol. The second kappa shape index (κ2) is 9.12. The Hall–Kier alpha value is -3.04. The Labute approximate surface area is 214 Å². The fourth-order valence-electron chi connectivity index (χ4n) is 5.49. The van der Waals surface area contributed by atoms with Crippen LogP contribution in [-0.2, 0) is 7.05 Å². The number of pyridine rings is 1. The van der Waals surface area contributed by atoms with Gasteiger partial charge in [-0.3, -0.25) is 4.79 Å². The highest BCUT2D eigenvalue weighted by atomic mass is 35.5. The van der Waals surface area contributed by atoms with Gasteiger partial charge in [-0.15, -0.1) is 0 Å². The SMILES string of the molecule is C[C@@H]1C[C@H](O)CN(c2ncc(Cl)c(Nc3ccc4c(c3)c3c(c(=O)n4C)OCC[C@H](C4CC4)N3)n2)C1. The first-order valence-electron chi connectivity index (χ1n) is 12.7. The van der Waals surface area contributed by atoms with Crippen LogP contribution < -0.4 is 25.8 Å². The fraction of sp³-hybridized carbons (Fsp3) is 0.500. The first kappa shape index (κ1) is 23.4. The number of aliphatic hydroxyl groups is 1. The maximum atomic E-state index is 13.1. The van der Waals surface area contributed by atoms with Crippen LogP contribution in [0.4, 0.5) is 23.1 Å². The number of hydrogen-bond acceptors (Lipinski definition) is 8. The topological polar surface area (TPSA) is 105 Å². The van der Waals surface area contributed by atoms with E-state index in [1.165, 1.54) is 12.8 Å². The standard InChI is InChI=1S/C26H31ClN6O3/c1-14-9-17(34)13-33(12-14)26-28-11-19(27)24(31-26)29-16-5-6-21-18(10-16)22-23(25(35)32(21)2)36-8-7-20(30-22)15-3-4-15/h5-6,10-11,14-15,17,20,30,34H,3-4,7-9,12-13H2,1-2H3,(H,28,29,31)/t14-,17+,20-/m1/s1. The molecule has 0 radical (unpaired) electrons. The molecule has 1 saturated heterocycles. The zero-order valence-electron chi connectivity index (χ0n) is 20.5. The molecule has 4 heterocycles. The van der Waals surface area contributed by atoms with E-state index < -0.39 is 6.10 Å². The first-order chi connectivity index (χ1) is 17.4. The van der Waals surface area contributed by atoms with Crippen LogP contribution in [0.1, 0.15) is 32.6 Å². The summed E-state index contributed by atoms with van der Waals surface area (Å²) in [6, 6.07) is 6.15. The van der Waals surface area contributed by atoms with Crippen LogP contribution in [0.2, 0.25) is 5.02 Å². The van der Waals surface area contributed by atoms with Crippen molar-refractivity contribution < 1.29 is 9.84 Å². The smallest absolute Gasteiger partial charge is 0.295 e. The number of nitrogens with zero attached hydrogens (tertiary/aromatic N) is 4. The Kier molecular flexibility index (Phi) is 5.92. The average Bonchev–Trinajstić information content (AvgIpc) is 3.70. The summed E-state index contributed by atoms with van der Waals surface area (Å²) in [4.78, 5) is 24.1. The maximum absolute atomic E-state index is 13.1. The van der Waals surface area contributed by atoms with Crippen molar-refractivity contribution in [3.63, 3.8) is 0 Å². The third-order valence-electron chi connectivity index (χ3n) is 7.46. The van der Waals surface area contributed by atoms with Crippen molar-refractivity contribution >= 4 is 45.6 Å². The van der Waals surface area contributed by atoms with Gasteiger partial charge in [0.05, 0.1) is 30.1 Å². The lowest BCUT2D eigenvalue weighted by atomic mass is 9.98. The van der Waals surface area contributed by atoms with E-state index in [9.17, 15) is 9.90 Å². The third kappa shape index (κ3) is 4.35. The average molecular weight is 511 g/mol. The minimum atomic E-state index is -0.402. The number of β-amino-alcohol motifs (C(OH)–C–C–N with tert-alkyl or cyclic N) is 1. The number of piperidine rings is 1. The van der Waals surface area contributed by atoms with Crippen LogP contribution >= 0.6 is 11.6 Å². The van der Waals surface area contributed by atoms with E-state index in [2.05, 4.69) is 27.5 Å². The molecule has 9 nitrogen and oxygen atoms in total. The van der Waals surface area contributed by atoms with Gasteiger partial charge in [0.1, 0.15) is 5.02 Å². The molecule has 10 heteroatoms. The molecular weight excluding hydrogens is 480 g/mol. The lowest BCUT2D eigenvalue weighted by Gasteiger charge is -2.34. The normalized spacial score (nSPS) is 24.0. The number of rotatable bonds is 4. The minimum Gasteiger partial charge on any atom is -0.486 e. The Morgan fingerprint density at radius 1 is 1.25 bits per heavy atom. The molecular formula is C26H31ClN6O3. The summed E-state index contributed by atoms with van der Waals surface area (Å²) in [7, 11) is 1.77. The van der Waals surface area contributed by atoms with Crippen LogP contribution in [0.15, 0.2) is 29.2 Å². The molecule has 190 valence electrons. The van der Waals surface area contributed by atoms with Crippen molar-refractivity contribution in [2.75, 3.05) is 35.2 Å². The van der Waals surface area contributed by atoms with E-state index >= 15 is 0 Å². The van der Waals surface area contributed by atoms with E-state index in [0.717, 1.165) is 41.7 Å². The van der Waals surface area contributed by atoms with Gasteiger partial charge in [-0.05, 0) is 49.3 Å². The van der Waals surface area contributed by atoms with Gasteiger partial charge in [-0.2, -0.15) is 4.98 Å². The molecule has 1 aromatic carbocycles. The monoisotopic (exact) mass is 510 g/mol. The largest absolute Gasteiger partial charge is 0.486 e. The van der Waals surface area contributed by atoms with Gasteiger partial charge in [0.2, 0.25) is 11.7 Å². The quantitative estimate of drug-likeness (QED) is 0.485. The summed E-state index contributed by atoms with van der Waals surface area (Å²) in [5.74, 6) is 2.39. The summed E-state index contributed by atoms with van der Waals surface area (Å²) in [6.07, 6.45) is 5.27. The van der Waals surface area contributed by atoms with Gasteiger partial charge in [0.25, 0.3) is 5.56 Å². The molecule has 3 N–H and O–H groups in total. The number of nitrogens with one attached hydrogen (secondary N) is 2. The van der Waals surface area contributed by atoms with Gasteiger partial charge < -0.3 is 29.9 Å². The van der Waals surface area contributed by atoms with Gasteiger partial charge in [-0.1, -0.05) is 18.5 Å². The second-order valence-electron chi connectivity index (χ2n) is 10.4. The number of hydrogen-bond donors (Lipinski definition) is 3. The molecule has 1 aliphatic carbocycles. The zero-order chi connectivity index (χ0) is 25.0. The highest BCUT2D eigenvalue weighted by Gasteiger charge is 2.34. The van der Waals surface area contributed by atoms with Gasteiger partial charge in [-0.25, -0.2) is 4.98 Å². The van der Waals surface area contributed by atoms with Gasteiger partial charge >= 0.3 is 0 Å². The van der Waals surface area contributed by atoms with Crippen molar-refractivity contribution in [1.29, 1.82) is 0 Å². The molecule has 0 spiro atoms. The number of ether oxygens (including phenoxy) is 1. The molecule has 3 aliphatic rings. The molecule has 0 unspecified atom stereocenters. The summed E-state index contributed by atoms with van der Waals surface area (Å²) >= 11 is 6.47. The molecule has 1 saturated carbocycles. The van der Waals surface area contributed by atoms with E-state index in [0.29, 0.717) is 53.6 Å². The number of aryl methyl sites for hydroxylation is 1. The minimum absolute atomic E-state index is 0.136. The number of aromatic nitrogens is 3. The number of aliphatic hydroxyl groups excluding tert-OH is 1.